The van der Waals surface area contributed by atoms with Gasteiger partial charge < -0.3 is 19.3 Å². The number of carboxylic acid groups (broad SMARTS) is 1. The van der Waals surface area contributed by atoms with E-state index in [-0.39, 0.29) is 19.1 Å². The van der Waals surface area contributed by atoms with E-state index in [9.17, 15) is 9.59 Å². The van der Waals surface area contributed by atoms with Gasteiger partial charge in [0.1, 0.15) is 5.69 Å². The van der Waals surface area contributed by atoms with Crippen molar-refractivity contribution in [2.45, 2.75) is 6.10 Å². The highest BCUT2D eigenvalue weighted by Gasteiger charge is 2.30. The predicted molar refractivity (Wildman–Crippen MR) is 91.8 cm³/mol. The minimum Gasteiger partial charge on any atom is -0.479 e. The SMILES string of the molecule is Cn1c(C(=O)N2CCO[C@H](C(=O)O)C2)ccc1-c1ccccc1Br. The molecule has 0 saturated carbocycles. The third-order valence-electron chi connectivity index (χ3n) is 4.12. The standard InChI is InChI=1S/C17H17BrN2O4/c1-19-13(11-4-2-3-5-12(11)18)6-7-14(19)16(21)20-8-9-24-15(10-20)17(22)23/h2-7,15H,8-10H2,1H3,(H,22,23)/t15-/m0/s1. The number of morpholine rings is 1. The maximum atomic E-state index is 12.8. The maximum absolute atomic E-state index is 12.8. The number of ether oxygens (including phenoxy) is 1. The van der Waals surface area contributed by atoms with Gasteiger partial charge in [0.25, 0.3) is 5.91 Å². The third kappa shape index (κ3) is 3.09. The Morgan fingerprint density at radius 3 is 2.71 bits per heavy atom. The first kappa shape index (κ1) is 16.7. The lowest BCUT2D eigenvalue weighted by molar-refractivity contribution is -0.154. The smallest absolute Gasteiger partial charge is 0.334 e. The Balaban J connectivity index is 1.87. The second-order valence-corrected chi connectivity index (χ2v) is 6.45. The van der Waals surface area contributed by atoms with E-state index in [2.05, 4.69) is 15.9 Å². The topological polar surface area (TPSA) is 71.8 Å². The first-order valence-electron chi connectivity index (χ1n) is 7.53. The molecule has 0 bridgehead atoms. The molecule has 2 aromatic rings. The number of aliphatic carboxylic acids is 1. The highest BCUT2D eigenvalue weighted by atomic mass is 79.9. The Labute approximate surface area is 147 Å². The van der Waals surface area contributed by atoms with Gasteiger partial charge in [0.05, 0.1) is 13.2 Å². The van der Waals surface area contributed by atoms with Crippen molar-refractivity contribution in [3.63, 3.8) is 0 Å². The largest absolute Gasteiger partial charge is 0.479 e. The number of aromatic nitrogens is 1. The Kier molecular flexibility index (Phi) is 4.73. The quantitative estimate of drug-likeness (QED) is 0.870. The number of nitrogens with zero attached hydrogens (tertiary/aromatic N) is 2. The Morgan fingerprint density at radius 1 is 1.25 bits per heavy atom. The summed E-state index contributed by atoms with van der Waals surface area (Å²) in [5, 5.41) is 9.07. The average Bonchev–Trinajstić information content (AvgIpc) is 2.96. The normalized spacial score (nSPS) is 17.8. The number of amides is 1. The van der Waals surface area contributed by atoms with E-state index in [0.29, 0.717) is 12.2 Å². The van der Waals surface area contributed by atoms with Crippen molar-refractivity contribution in [1.29, 1.82) is 0 Å². The molecule has 6 nitrogen and oxygen atoms in total. The summed E-state index contributed by atoms with van der Waals surface area (Å²) in [5.74, 6) is -1.24. The number of carbonyl (C=O) groups excluding carboxylic acids is 1. The van der Waals surface area contributed by atoms with E-state index < -0.39 is 12.1 Å². The lowest BCUT2D eigenvalue weighted by Crippen LogP contribution is -2.48. The molecule has 3 rings (SSSR count). The Morgan fingerprint density at radius 2 is 2.00 bits per heavy atom. The highest BCUT2D eigenvalue weighted by Crippen LogP contribution is 2.29. The summed E-state index contributed by atoms with van der Waals surface area (Å²) < 4.78 is 7.94. The number of halogens is 1. The van der Waals surface area contributed by atoms with Crippen LogP contribution in [0.1, 0.15) is 10.5 Å². The van der Waals surface area contributed by atoms with E-state index in [1.165, 1.54) is 4.90 Å². The van der Waals surface area contributed by atoms with Crippen molar-refractivity contribution in [2.24, 2.45) is 7.05 Å². The molecule has 126 valence electrons. The molecule has 1 saturated heterocycles. The van der Waals surface area contributed by atoms with Gasteiger partial charge in [-0.05, 0) is 18.2 Å². The zero-order chi connectivity index (χ0) is 17.3. The summed E-state index contributed by atoms with van der Waals surface area (Å²) in [6.45, 7) is 0.673. The Hall–Kier alpha value is -2.12. The van der Waals surface area contributed by atoms with Gasteiger partial charge >= 0.3 is 5.97 Å². The fraction of sp³-hybridized carbons (Fsp3) is 0.294. The molecule has 1 N–H and O–H groups in total. The van der Waals surface area contributed by atoms with Crippen LogP contribution in [0.5, 0.6) is 0 Å². The van der Waals surface area contributed by atoms with Crippen LogP contribution in [0.3, 0.4) is 0 Å². The van der Waals surface area contributed by atoms with Gasteiger partial charge in [-0.15, -0.1) is 0 Å². The highest BCUT2D eigenvalue weighted by molar-refractivity contribution is 9.10. The fourth-order valence-electron chi connectivity index (χ4n) is 2.81. The van der Waals surface area contributed by atoms with Gasteiger partial charge in [-0.3, -0.25) is 4.79 Å². The van der Waals surface area contributed by atoms with E-state index >= 15 is 0 Å². The molecule has 1 aromatic carbocycles. The van der Waals surface area contributed by atoms with Crippen LogP contribution >= 0.6 is 15.9 Å². The van der Waals surface area contributed by atoms with E-state index in [4.69, 9.17) is 9.84 Å². The minimum atomic E-state index is -1.05. The van der Waals surface area contributed by atoms with E-state index in [1.54, 1.807) is 6.07 Å². The molecule has 1 aromatic heterocycles. The zero-order valence-electron chi connectivity index (χ0n) is 13.1. The number of hydrogen-bond acceptors (Lipinski definition) is 3. The summed E-state index contributed by atoms with van der Waals surface area (Å²) in [7, 11) is 1.83. The molecule has 1 fully saturated rings. The first-order chi connectivity index (χ1) is 11.5. The lowest BCUT2D eigenvalue weighted by Gasteiger charge is -2.31. The molecule has 1 amide bonds. The van der Waals surface area contributed by atoms with Gasteiger partial charge in [-0.2, -0.15) is 0 Å². The molecule has 7 heteroatoms. The van der Waals surface area contributed by atoms with Crippen LogP contribution in [-0.2, 0) is 16.6 Å². The summed E-state index contributed by atoms with van der Waals surface area (Å²) in [6, 6.07) is 11.5. The second-order valence-electron chi connectivity index (χ2n) is 5.59. The molecule has 0 unspecified atom stereocenters. The van der Waals surface area contributed by atoms with E-state index in [0.717, 1.165) is 15.7 Å². The van der Waals surface area contributed by atoms with Crippen molar-refractivity contribution in [3.05, 3.63) is 46.6 Å². The molecule has 0 aliphatic carbocycles. The van der Waals surface area contributed by atoms with Crippen LogP contribution in [0.2, 0.25) is 0 Å². The molecule has 0 spiro atoms. The number of rotatable bonds is 3. The van der Waals surface area contributed by atoms with Crippen LogP contribution in [0.4, 0.5) is 0 Å². The van der Waals surface area contributed by atoms with Gasteiger partial charge in [-0.25, -0.2) is 4.79 Å². The Bertz CT molecular complexity index is 787. The fourth-order valence-corrected chi connectivity index (χ4v) is 3.30. The zero-order valence-corrected chi connectivity index (χ0v) is 14.7. The van der Waals surface area contributed by atoms with Crippen molar-refractivity contribution in [1.82, 2.24) is 9.47 Å². The van der Waals surface area contributed by atoms with Crippen molar-refractivity contribution in [2.75, 3.05) is 19.7 Å². The summed E-state index contributed by atoms with van der Waals surface area (Å²) in [6.07, 6.45) is -0.967. The van der Waals surface area contributed by atoms with Crippen molar-refractivity contribution in [3.8, 4) is 11.3 Å². The monoisotopic (exact) mass is 392 g/mol. The van der Waals surface area contributed by atoms with Crippen molar-refractivity contribution >= 4 is 27.8 Å². The number of carboxylic acids is 1. The minimum absolute atomic E-state index is 0.0592. The number of benzene rings is 1. The predicted octanol–water partition coefficient (Wildman–Crippen LogP) is 2.38. The number of carbonyl (C=O) groups is 2. The lowest BCUT2D eigenvalue weighted by atomic mass is 10.1. The molecule has 24 heavy (non-hydrogen) atoms. The van der Waals surface area contributed by atoms with Crippen LogP contribution in [-0.4, -0.2) is 52.3 Å². The van der Waals surface area contributed by atoms with Crippen molar-refractivity contribution < 1.29 is 19.4 Å². The molecule has 1 aliphatic rings. The van der Waals surface area contributed by atoms with Crippen LogP contribution in [0.15, 0.2) is 40.9 Å². The van der Waals surface area contributed by atoms with Gasteiger partial charge in [0, 0.05) is 29.3 Å². The third-order valence-corrected chi connectivity index (χ3v) is 4.81. The second kappa shape index (κ2) is 6.78. The molecule has 0 radical (unpaired) electrons. The van der Waals surface area contributed by atoms with Crippen LogP contribution in [0, 0.1) is 0 Å². The molecule has 1 aliphatic heterocycles. The van der Waals surface area contributed by atoms with Gasteiger partial charge in [0.2, 0.25) is 0 Å². The molecular weight excluding hydrogens is 376 g/mol. The average molecular weight is 393 g/mol. The van der Waals surface area contributed by atoms with Gasteiger partial charge in [0.15, 0.2) is 6.10 Å². The molecular formula is C17H17BrN2O4. The van der Waals surface area contributed by atoms with Gasteiger partial charge in [-0.1, -0.05) is 34.1 Å². The molecule has 1 atom stereocenters. The van der Waals surface area contributed by atoms with E-state index in [1.807, 2.05) is 41.9 Å². The first-order valence-corrected chi connectivity index (χ1v) is 8.32. The summed E-state index contributed by atoms with van der Waals surface area (Å²) in [5.41, 5.74) is 2.42. The van der Waals surface area contributed by atoms with Crippen LogP contribution in [0.25, 0.3) is 11.3 Å². The number of hydrogen-bond donors (Lipinski definition) is 1. The maximum Gasteiger partial charge on any atom is 0.334 e. The summed E-state index contributed by atoms with van der Waals surface area (Å²) >= 11 is 3.52. The van der Waals surface area contributed by atoms with Crippen LogP contribution < -0.4 is 0 Å². The molecule has 2 heterocycles. The summed E-state index contributed by atoms with van der Waals surface area (Å²) in [4.78, 5) is 25.4.